The van der Waals surface area contributed by atoms with E-state index in [-0.39, 0.29) is 5.54 Å². The summed E-state index contributed by atoms with van der Waals surface area (Å²) in [5.41, 5.74) is 0.0466. The third-order valence-corrected chi connectivity index (χ3v) is 5.62. The lowest BCUT2D eigenvalue weighted by molar-refractivity contribution is 0.106. The van der Waals surface area contributed by atoms with E-state index < -0.39 is 0 Å². The summed E-state index contributed by atoms with van der Waals surface area (Å²) in [6.07, 6.45) is 10.4. The summed E-state index contributed by atoms with van der Waals surface area (Å²) in [6.45, 7) is 5.23. The molecule has 0 bridgehead atoms. The second kappa shape index (κ2) is 5.71. The van der Waals surface area contributed by atoms with Crippen molar-refractivity contribution in [2.75, 3.05) is 19.7 Å². The number of aliphatic hydroxyl groups excluding tert-OH is 1. The molecule has 0 aromatic heterocycles. The van der Waals surface area contributed by atoms with Crippen LogP contribution in [-0.4, -0.2) is 47.3 Å². The maximum Gasteiger partial charge on any atom is 0.0614 e. The van der Waals surface area contributed by atoms with E-state index >= 15 is 0 Å². The predicted molar refractivity (Wildman–Crippen MR) is 78.2 cm³/mol. The van der Waals surface area contributed by atoms with Gasteiger partial charge in [0.05, 0.1) is 6.61 Å². The number of hydrogen-bond acceptors (Lipinski definition) is 3. The highest BCUT2D eigenvalue weighted by Crippen LogP contribution is 2.37. The van der Waals surface area contributed by atoms with Crippen LogP contribution < -0.4 is 5.32 Å². The SMILES string of the molecule is CCC1CCCN(C2CCC(CO)(NC3CC3)C2)C1. The van der Waals surface area contributed by atoms with E-state index in [1.807, 2.05) is 0 Å². The van der Waals surface area contributed by atoms with Gasteiger partial charge in [0.2, 0.25) is 0 Å². The van der Waals surface area contributed by atoms with Crippen LogP contribution >= 0.6 is 0 Å². The molecular weight excluding hydrogens is 236 g/mol. The molecular formula is C16H30N2O. The van der Waals surface area contributed by atoms with Gasteiger partial charge in [0.25, 0.3) is 0 Å². The fraction of sp³-hybridized carbons (Fsp3) is 1.00. The molecule has 2 saturated carbocycles. The molecule has 1 saturated heterocycles. The number of nitrogens with zero attached hydrogens (tertiary/aromatic N) is 1. The zero-order valence-electron chi connectivity index (χ0n) is 12.4. The Hall–Kier alpha value is -0.120. The van der Waals surface area contributed by atoms with Crippen LogP contribution in [-0.2, 0) is 0 Å². The lowest BCUT2D eigenvalue weighted by atomic mass is 9.93. The Bertz CT molecular complexity index is 305. The first-order valence-corrected chi connectivity index (χ1v) is 8.37. The normalized spacial score (nSPS) is 40.7. The van der Waals surface area contributed by atoms with Crippen molar-refractivity contribution in [2.24, 2.45) is 5.92 Å². The molecule has 2 N–H and O–H groups in total. The molecule has 0 amide bonds. The third kappa shape index (κ3) is 3.14. The molecule has 0 spiro atoms. The van der Waals surface area contributed by atoms with Crippen molar-refractivity contribution >= 4 is 0 Å². The van der Waals surface area contributed by atoms with Gasteiger partial charge in [-0.3, -0.25) is 0 Å². The number of aliphatic hydroxyl groups is 1. The zero-order chi connectivity index (χ0) is 13.3. The van der Waals surface area contributed by atoms with E-state index in [1.54, 1.807) is 0 Å². The summed E-state index contributed by atoms with van der Waals surface area (Å²) in [5.74, 6) is 0.911. The minimum absolute atomic E-state index is 0.0466. The van der Waals surface area contributed by atoms with Crippen molar-refractivity contribution in [1.82, 2.24) is 10.2 Å². The molecule has 3 heteroatoms. The highest BCUT2D eigenvalue weighted by Gasteiger charge is 2.44. The molecule has 2 aliphatic carbocycles. The van der Waals surface area contributed by atoms with Gasteiger partial charge in [0.1, 0.15) is 0 Å². The van der Waals surface area contributed by atoms with Crippen molar-refractivity contribution in [3.63, 3.8) is 0 Å². The molecule has 110 valence electrons. The Kier molecular flexibility index (Phi) is 4.16. The van der Waals surface area contributed by atoms with Crippen molar-refractivity contribution < 1.29 is 5.11 Å². The van der Waals surface area contributed by atoms with Crippen molar-refractivity contribution in [2.45, 2.75) is 75.9 Å². The van der Waals surface area contributed by atoms with Gasteiger partial charge in [-0.25, -0.2) is 0 Å². The topological polar surface area (TPSA) is 35.5 Å². The highest BCUT2D eigenvalue weighted by atomic mass is 16.3. The summed E-state index contributed by atoms with van der Waals surface area (Å²) in [4.78, 5) is 2.73. The number of likely N-dealkylation sites (tertiary alicyclic amines) is 1. The van der Waals surface area contributed by atoms with Crippen LogP contribution in [0.25, 0.3) is 0 Å². The van der Waals surface area contributed by atoms with Crippen LogP contribution in [0.5, 0.6) is 0 Å². The second-order valence-corrected chi connectivity index (χ2v) is 7.17. The molecule has 3 fully saturated rings. The maximum absolute atomic E-state index is 9.83. The molecule has 19 heavy (non-hydrogen) atoms. The first kappa shape index (κ1) is 13.8. The average molecular weight is 266 g/mol. The number of hydrogen-bond donors (Lipinski definition) is 2. The van der Waals surface area contributed by atoms with Gasteiger partial charge in [0, 0.05) is 24.2 Å². The van der Waals surface area contributed by atoms with Gasteiger partial charge in [-0.2, -0.15) is 0 Å². The van der Waals surface area contributed by atoms with E-state index in [9.17, 15) is 5.11 Å². The van der Waals surface area contributed by atoms with Crippen molar-refractivity contribution in [3.8, 4) is 0 Å². The molecule has 3 unspecified atom stereocenters. The molecule has 0 radical (unpaired) electrons. The summed E-state index contributed by atoms with van der Waals surface area (Å²) < 4.78 is 0. The monoisotopic (exact) mass is 266 g/mol. The van der Waals surface area contributed by atoms with Gasteiger partial charge in [0.15, 0.2) is 0 Å². The molecule has 1 aliphatic heterocycles. The Morgan fingerprint density at radius 3 is 2.79 bits per heavy atom. The van der Waals surface area contributed by atoms with Crippen LogP contribution in [0.2, 0.25) is 0 Å². The summed E-state index contributed by atoms with van der Waals surface area (Å²) in [6, 6.07) is 1.42. The highest BCUT2D eigenvalue weighted by molar-refractivity contribution is 5.03. The van der Waals surface area contributed by atoms with E-state index in [0.29, 0.717) is 18.7 Å². The fourth-order valence-electron chi connectivity index (χ4n) is 4.15. The molecule has 1 heterocycles. The Morgan fingerprint density at radius 2 is 2.11 bits per heavy atom. The van der Waals surface area contributed by atoms with Gasteiger partial charge in [-0.05, 0) is 57.4 Å². The largest absolute Gasteiger partial charge is 0.394 e. The summed E-state index contributed by atoms with van der Waals surface area (Å²) in [5, 5.41) is 13.6. The van der Waals surface area contributed by atoms with Gasteiger partial charge in [-0.1, -0.05) is 13.3 Å². The van der Waals surface area contributed by atoms with Crippen LogP contribution in [0.3, 0.4) is 0 Å². The molecule has 0 aromatic carbocycles. The minimum Gasteiger partial charge on any atom is -0.394 e. The van der Waals surface area contributed by atoms with Crippen LogP contribution in [0, 0.1) is 5.92 Å². The van der Waals surface area contributed by atoms with E-state index in [4.69, 9.17) is 0 Å². The summed E-state index contributed by atoms with van der Waals surface area (Å²) >= 11 is 0. The van der Waals surface area contributed by atoms with E-state index in [0.717, 1.165) is 18.8 Å². The molecule has 0 aromatic rings. The average Bonchev–Trinajstić information content (AvgIpc) is 3.16. The lowest BCUT2D eigenvalue weighted by Gasteiger charge is -2.37. The zero-order valence-corrected chi connectivity index (χ0v) is 12.4. The number of rotatable bonds is 5. The van der Waals surface area contributed by atoms with Gasteiger partial charge >= 0.3 is 0 Å². The quantitative estimate of drug-likeness (QED) is 0.800. The van der Waals surface area contributed by atoms with E-state index in [1.165, 1.54) is 51.6 Å². The number of nitrogens with one attached hydrogen (secondary N) is 1. The Balaban J connectivity index is 1.57. The number of piperidine rings is 1. The van der Waals surface area contributed by atoms with Crippen molar-refractivity contribution in [1.29, 1.82) is 0 Å². The smallest absolute Gasteiger partial charge is 0.0614 e. The Labute approximate surface area is 117 Å². The summed E-state index contributed by atoms with van der Waals surface area (Å²) in [7, 11) is 0. The fourth-order valence-corrected chi connectivity index (χ4v) is 4.15. The van der Waals surface area contributed by atoms with Gasteiger partial charge in [-0.15, -0.1) is 0 Å². The molecule has 3 nitrogen and oxygen atoms in total. The van der Waals surface area contributed by atoms with E-state index in [2.05, 4.69) is 17.1 Å². The predicted octanol–water partition coefficient (Wildman–Crippen LogP) is 2.14. The van der Waals surface area contributed by atoms with Crippen LogP contribution in [0.15, 0.2) is 0 Å². The van der Waals surface area contributed by atoms with Gasteiger partial charge < -0.3 is 15.3 Å². The third-order valence-electron chi connectivity index (χ3n) is 5.62. The van der Waals surface area contributed by atoms with Crippen LogP contribution in [0.1, 0.15) is 58.3 Å². The molecule has 3 aliphatic rings. The molecule has 3 rings (SSSR count). The van der Waals surface area contributed by atoms with Crippen LogP contribution in [0.4, 0.5) is 0 Å². The first-order valence-electron chi connectivity index (χ1n) is 8.37. The first-order chi connectivity index (χ1) is 9.24. The Morgan fingerprint density at radius 1 is 1.26 bits per heavy atom. The maximum atomic E-state index is 9.83. The van der Waals surface area contributed by atoms with Crippen molar-refractivity contribution in [3.05, 3.63) is 0 Å². The second-order valence-electron chi connectivity index (χ2n) is 7.17. The lowest BCUT2D eigenvalue weighted by Crippen LogP contribution is -2.50. The molecule has 3 atom stereocenters. The standard InChI is InChI=1S/C16H30N2O/c1-2-13-4-3-9-18(11-13)15-7-8-16(10-15,12-19)17-14-5-6-14/h13-15,17,19H,2-12H2,1H3. The minimum atomic E-state index is 0.0466.